The van der Waals surface area contributed by atoms with E-state index in [0.717, 1.165) is 4.90 Å². The second-order valence-corrected chi connectivity index (χ2v) is 7.00. The quantitative estimate of drug-likeness (QED) is 0.731. The van der Waals surface area contributed by atoms with Crippen molar-refractivity contribution in [2.45, 2.75) is 39.0 Å². The zero-order chi connectivity index (χ0) is 21.0. The Hall–Kier alpha value is -3.42. The monoisotopic (exact) mass is 399 g/mol. The van der Waals surface area contributed by atoms with Crippen LogP contribution in [0.3, 0.4) is 0 Å². The van der Waals surface area contributed by atoms with Gasteiger partial charge >= 0.3 is 6.03 Å². The van der Waals surface area contributed by atoms with Crippen molar-refractivity contribution in [1.29, 1.82) is 0 Å². The number of urea groups is 1. The number of halogens is 1. The highest BCUT2D eigenvalue weighted by Gasteiger charge is 2.40. The van der Waals surface area contributed by atoms with Crippen molar-refractivity contribution < 1.29 is 23.5 Å². The van der Waals surface area contributed by atoms with Gasteiger partial charge in [-0.25, -0.2) is 9.18 Å². The molecule has 29 heavy (non-hydrogen) atoms. The molecule has 1 saturated heterocycles. The van der Waals surface area contributed by atoms with Crippen LogP contribution in [0, 0.1) is 5.82 Å². The van der Waals surface area contributed by atoms with Crippen molar-refractivity contribution in [2.24, 2.45) is 0 Å². The van der Waals surface area contributed by atoms with Gasteiger partial charge in [-0.15, -0.1) is 0 Å². The maximum Gasteiger partial charge on any atom is 0.319 e. The maximum absolute atomic E-state index is 13.2. The van der Waals surface area contributed by atoms with Crippen LogP contribution in [0.1, 0.15) is 25.8 Å². The molecule has 2 aromatic rings. The molecule has 0 aromatic heterocycles. The largest absolute Gasteiger partial charge is 0.489 e. The zero-order valence-corrected chi connectivity index (χ0v) is 16.1. The molecule has 1 aliphatic rings. The summed E-state index contributed by atoms with van der Waals surface area (Å²) in [4.78, 5) is 37.6. The van der Waals surface area contributed by atoms with Gasteiger partial charge in [0.05, 0.1) is 6.42 Å². The fourth-order valence-corrected chi connectivity index (χ4v) is 3.09. The summed E-state index contributed by atoms with van der Waals surface area (Å²) in [7, 11) is 0. The van der Waals surface area contributed by atoms with Gasteiger partial charge in [-0.2, -0.15) is 0 Å². The number of amides is 4. The first kappa shape index (κ1) is 20.3. The van der Waals surface area contributed by atoms with Gasteiger partial charge in [0, 0.05) is 17.8 Å². The number of hydrogen-bond acceptors (Lipinski definition) is 4. The van der Waals surface area contributed by atoms with Crippen molar-refractivity contribution >= 4 is 23.5 Å². The topological polar surface area (TPSA) is 87.7 Å². The molecule has 0 spiro atoms. The van der Waals surface area contributed by atoms with E-state index >= 15 is 0 Å². The smallest absolute Gasteiger partial charge is 0.319 e. The summed E-state index contributed by atoms with van der Waals surface area (Å²) in [5.41, 5.74) is 1.14. The summed E-state index contributed by atoms with van der Waals surface area (Å²) in [6.45, 7) is 3.66. The molecule has 0 aliphatic carbocycles. The molecule has 1 aliphatic heterocycles. The van der Waals surface area contributed by atoms with Crippen LogP contribution in [-0.2, 0) is 16.2 Å². The number of rotatable bonds is 6. The molecule has 0 bridgehead atoms. The number of carbonyl (C=O) groups is 3. The molecule has 2 aromatic carbocycles. The summed E-state index contributed by atoms with van der Waals surface area (Å²) in [6, 6.07) is 11.1. The average Bonchev–Trinajstić information content (AvgIpc) is 2.93. The number of likely N-dealkylation sites (tertiary alicyclic amines) is 1. The van der Waals surface area contributed by atoms with E-state index in [0.29, 0.717) is 17.0 Å². The average molecular weight is 399 g/mol. The Morgan fingerprint density at radius 2 is 1.97 bits per heavy atom. The van der Waals surface area contributed by atoms with Crippen LogP contribution in [0.5, 0.6) is 5.75 Å². The normalized spacial score (nSPS) is 16.3. The molecule has 3 rings (SSSR count). The molecule has 1 atom stereocenters. The SMILES string of the molecule is CC(C)N1C(=O)C[C@@H](NC(=O)Nc2cccc(OCc3cccc(F)c3)c2)C1=O. The van der Waals surface area contributed by atoms with Crippen molar-refractivity contribution in [2.75, 3.05) is 5.32 Å². The van der Waals surface area contributed by atoms with E-state index < -0.39 is 18.0 Å². The second-order valence-electron chi connectivity index (χ2n) is 7.00. The van der Waals surface area contributed by atoms with Gasteiger partial charge in [-0.1, -0.05) is 18.2 Å². The van der Waals surface area contributed by atoms with E-state index in [1.54, 1.807) is 50.2 Å². The lowest BCUT2D eigenvalue weighted by Crippen LogP contribution is -2.45. The number of nitrogens with one attached hydrogen (secondary N) is 2. The summed E-state index contributed by atoms with van der Waals surface area (Å²) >= 11 is 0. The molecule has 0 saturated carbocycles. The zero-order valence-electron chi connectivity index (χ0n) is 16.1. The second kappa shape index (κ2) is 8.72. The number of carbonyl (C=O) groups excluding carboxylic acids is 3. The molecule has 0 unspecified atom stereocenters. The Kier molecular flexibility index (Phi) is 6.11. The van der Waals surface area contributed by atoms with Crippen LogP contribution in [0.25, 0.3) is 0 Å². The van der Waals surface area contributed by atoms with Gasteiger partial charge in [0.15, 0.2) is 0 Å². The first-order valence-corrected chi connectivity index (χ1v) is 9.24. The summed E-state index contributed by atoms with van der Waals surface area (Å²) in [5, 5.41) is 5.16. The summed E-state index contributed by atoms with van der Waals surface area (Å²) in [5.74, 6) is -0.560. The molecule has 7 nitrogen and oxygen atoms in total. The third kappa shape index (κ3) is 5.10. The molecule has 0 radical (unpaired) electrons. The predicted molar refractivity (Wildman–Crippen MR) is 105 cm³/mol. The van der Waals surface area contributed by atoms with Gasteiger partial charge in [-0.05, 0) is 43.7 Å². The highest BCUT2D eigenvalue weighted by molar-refractivity contribution is 6.07. The number of nitrogens with zero attached hydrogens (tertiary/aromatic N) is 1. The van der Waals surface area contributed by atoms with Gasteiger partial charge in [0.25, 0.3) is 5.91 Å². The van der Waals surface area contributed by atoms with E-state index in [1.165, 1.54) is 12.1 Å². The third-order valence-corrected chi connectivity index (χ3v) is 4.39. The van der Waals surface area contributed by atoms with Gasteiger partial charge in [0.1, 0.15) is 24.2 Å². The first-order valence-electron chi connectivity index (χ1n) is 9.24. The standard InChI is InChI=1S/C21H22FN3O4/c1-13(2)25-19(26)11-18(20(25)27)24-21(28)23-16-7-4-8-17(10-16)29-12-14-5-3-6-15(22)9-14/h3-10,13,18H,11-12H2,1-2H3,(H2,23,24,28)/t18-/m1/s1. The van der Waals surface area contributed by atoms with E-state index in [2.05, 4.69) is 10.6 Å². The number of hydrogen-bond donors (Lipinski definition) is 2. The Morgan fingerprint density at radius 3 is 2.66 bits per heavy atom. The Bertz CT molecular complexity index is 932. The number of imide groups is 1. The Morgan fingerprint density at radius 1 is 1.21 bits per heavy atom. The number of anilines is 1. The van der Waals surface area contributed by atoms with E-state index in [-0.39, 0.29) is 30.8 Å². The number of ether oxygens (including phenoxy) is 1. The van der Waals surface area contributed by atoms with Crippen LogP contribution in [0.4, 0.5) is 14.9 Å². The molecule has 4 amide bonds. The highest BCUT2D eigenvalue weighted by Crippen LogP contribution is 2.20. The highest BCUT2D eigenvalue weighted by atomic mass is 19.1. The van der Waals surface area contributed by atoms with Gasteiger partial charge in [0.2, 0.25) is 5.91 Å². The minimum atomic E-state index is -0.877. The molecule has 152 valence electrons. The molecule has 1 fully saturated rings. The first-order chi connectivity index (χ1) is 13.8. The van der Waals surface area contributed by atoms with Crippen molar-refractivity contribution in [3.05, 3.63) is 59.9 Å². The van der Waals surface area contributed by atoms with E-state index in [4.69, 9.17) is 4.74 Å². The third-order valence-electron chi connectivity index (χ3n) is 4.39. The summed E-state index contributed by atoms with van der Waals surface area (Å²) < 4.78 is 18.9. The minimum Gasteiger partial charge on any atom is -0.489 e. The lowest BCUT2D eigenvalue weighted by molar-refractivity contribution is -0.140. The van der Waals surface area contributed by atoms with E-state index in [9.17, 15) is 18.8 Å². The lowest BCUT2D eigenvalue weighted by Gasteiger charge is -2.19. The molecular formula is C21H22FN3O4. The minimum absolute atomic E-state index is 0.0543. The molecule has 1 heterocycles. The van der Waals surface area contributed by atoms with E-state index in [1.807, 2.05) is 0 Å². The number of benzene rings is 2. The Labute approximate surface area is 167 Å². The van der Waals surface area contributed by atoms with Crippen molar-refractivity contribution in [1.82, 2.24) is 10.2 Å². The summed E-state index contributed by atoms with van der Waals surface area (Å²) in [6.07, 6.45) is -0.0543. The van der Waals surface area contributed by atoms with Crippen LogP contribution in [-0.4, -0.2) is 34.8 Å². The molecule has 8 heteroatoms. The van der Waals surface area contributed by atoms with Crippen LogP contribution in [0.2, 0.25) is 0 Å². The van der Waals surface area contributed by atoms with Crippen LogP contribution >= 0.6 is 0 Å². The van der Waals surface area contributed by atoms with Gasteiger partial charge in [-0.3, -0.25) is 14.5 Å². The van der Waals surface area contributed by atoms with Crippen molar-refractivity contribution in [3.63, 3.8) is 0 Å². The van der Waals surface area contributed by atoms with Crippen LogP contribution in [0.15, 0.2) is 48.5 Å². The predicted octanol–water partition coefficient (Wildman–Crippen LogP) is 3.06. The van der Waals surface area contributed by atoms with Crippen LogP contribution < -0.4 is 15.4 Å². The molecule has 2 N–H and O–H groups in total. The lowest BCUT2D eigenvalue weighted by atomic mass is 10.2. The Balaban J connectivity index is 1.56. The fourth-order valence-electron chi connectivity index (χ4n) is 3.09. The van der Waals surface area contributed by atoms with Crippen molar-refractivity contribution in [3.8, 4) is 5.75 Å². The van der Waals surface area contributed by atoms with Gasteiger partial charge < -0.3 is 15.4 Å². The maximum atomic E-state index is 13.2. The fraction of sp³-hybridized carbons (Fsp3) is 0.286. The molecular weight excluding hydrogens is 377 g/mol.